The van der Waals surface area contributed by atoms with Gasteiger partial charge in [0, 0.05) is 12.6 Å². The van der Waals surface area contributed by atoms with E-state index >= 15 is 0 Å². The summed E-state index contributed by atoms with van der Waals surface area (Å²) in [5.74, 6) is 1.72. The zero-order chi connectivity index (χ0) is 17.0. The number of rotatable bonds is 7. The quantitative estimate of drug-likeness (QED) is 0.777. The monoisotopic (exact) mass is 349 g/mol. The SMILES string of the molecule is CCc1cccc(OCCNS(=O)(=O)c2ccc3c(c2)OCO3)c1. The first-order valence-electron chi connectivity index (χ1n) is 7.69. The van der Waals surface area contributed by atoms with Crippen molar-refractivity contribution in [2.24, 2.45) is 0 Å². The molecule has 0 radical (unpaired) electrons. The fourth-order valence-electron chi connectivity index (χ4n) is 2.33. The Morgan fingerprint density at radius 2 is 1.96 bits per heavy atom. The molecule has 0 spiro atoms. The molecule has 24 heavy (non-hydrogen) atoms. The third-order valence-corrected chi connectivity index (χ3v) is 5.08. The lowest BCUT2D eigenvalue weighted by molar-refractivity contribution is 0.174. The molecule has 1 N–H and O–H groups in total. The van der Waals surface area contributed by atoms with Crippen molar-refractivity contribution in [2.75, 3.05) is 19.9 Å². The number of hydrogen-bond donors (Lipinski definition) is 1. The predicted molar refractivity (Wildman–Crippen MR) is 89.1 cm³/mol. The van der Waals surface area contributed by atoms with Crippen LogP contribution in [0.1, 0.15) is 12.5 Å². The molecule has 2 aromatic carbocycles. The van der Waals surface area contributed by atoms with Gasteiger partial charge in [-0.2, -0.15) is 0 Å². The van der Waals surface area contributed by atoms with Crippen LogP contribution in [0.25, 0.3) is 0 Å². The van der Waals surface area contributed by atoms with E-state index in [0.29, 0.717) is 11.5 Å². The van der Waals surface area contributed by atoms with Gasteiger partial charge >= 0.3 is 0 Å². The third-order valence-electron chi connectivity index (χ3n) is 3.62. The summed E-state index contributed by atoms with van der Waals surface area (Å²) in [6, 6.07) is 12.3. The van der Waals surface area contributed by atoms with E-state index in [-0.39, 0.29) is 24.8 Å². The van der Waals surface area contributed by atoms with Gasteiger partial charge in [0.25, 0.3) is 0 Å². The molecule has 0 fully saturated rings. The smallest absolute Gasteiger partial charge is 0.240 e. The van der Waals surface area contributed by atoms with Gasteiger partial charge in [0.05, 0.1) is 4.90 Å². The largest absolute Gasteiger partial charge is 0.492 e. The average molecular weight is 349 g/mol. The van der Waals surface area contributed by atoms with Crippen molar-refractivity contribution in [3.05, 3.63) is 48.0 Å². The summed E-state index contributed by atoms with van der Waals surface area (Å²) in [6.45, 7) is 2.60. The molecule has 0 aromatic heterocycles. The summed E-state index contributed by atoms with van der Waals surface area (Å²) < 4.78 is 43.0. The highest BCUT2D eigenvalue weighted by Crippen LogP contribution is 2.33. The summed E-state index contributed by atoms with van der Waals surface area (Å²) >= 11 is 0. The number of sulfonamides is 1. The fourth-order valence-corrected chi connectivity index (χ4v) is 3.36. The van der Waals surface area contributed by atoms with Crippen LogP contribution in [0.4, 0.5) is 0 Å². The number of ether oxygens (including phenoxy) is 3. The van der Waals surface area contributed by atoms with Crippen molar-refractivity contribution in [3.63, 3.8) is 0 Å². The van der Waals surface area contributed by atoms with Gasteiger partial charge < -0.3 is 14.2 Å². The highest BCUT2D eigenvalue weighted by atomic mass is 32.2. The minimum Gasteiger partial charge on any atom is -0.492 e. The number of aryl methyl sites for hydroxylation is 1. The lowest BCUT2D eigenvalue weighted by Gasteiger charge is -2.09. The second-order valence-corrected chi connectivity index (χ2v) is 7.03. The topological polar surface area (TPSA) is 73.9 Å². The van der Waals surface area contributed by atoms with Gasteiger partial charge in [0.1, 0.15) is 12.4 Å². The molecule has 1 aliphatic rings. The molecule has 3 rings (SSSR count). The van der Waals surface area contributed by atoms with Crippen molar-refractivity contribution < 1.29 is 22.6 Å². The van der Waals surface area contributed by atoms with E-state index in [4.69, 9.17) is 14.2 Å². The van der Waals surface area contributed by atoms with E-state index in [1.165, 1.54) is 17.7 Å². The Bertz CT molecular complexity index is 819. The third kappa shape index (κ3) is 3.80. The molecule has 0 unspecified atom stereocenters. The maximum Gasteiger partial charge on any atom is 0.240 e. The lowest BCUT2D eigenvalue weighted by Crippen LogP contribution is -2.28. The number of fused-ring (bicyclic) bond motifs is 1. The van der Waals surface area contributed by atoms with Crippen LogP contribution < -0.4 is 18.9 Å². The molecule has 0 saturated heterocycles. The van der Waals surface area contributed by atoms with Crippen molar-refractivity contribution >= 4 is 10.0 Å². The first-order valence-corrected chi connectivity index (χ1v) is 9.18. The Hall–Kier alpha value is -2.25. The van der Waals surface area contributed by atoms with Crippen LogP contribution in [0, 0.1) is 0 Å². The van der Waals surface area contributed by atoms with E-state index in [1.54, 1.807) is 6.07 Å². The molecule has 0 atom stereocenters. The Morgan fingerprint density at radius 3 is 2.79 bits per heavy atom. The minimum absolute atomic E-state index is 0.108. The number of benzene rings is 2. The summed E-state index contributed by atoms with van der Waals surface area (Å²) in [5, 5.41) is 0. The molecule has 1 aliphatic heterocycles. The molecule has 0 aliphatic carbocycles. The average Bonchev–Trinajstić information content (AvgIpc) is 3.06. The summed E-state index contributed by atoms with van der Waals surface area (Å²) in [5.41, 5.74) is 1.17. The molecular weight excluding hydrogens is 330 g/mol. The van der Waals surface area contributed by atoms with Gasteiger partial charge in [-0.25, -0.2) is 13.1 Å². The predicted octanol–water partition coefficient (Wildman–Crippen LogP) is 2.33. The van der Waals surface area contributed by atoms with Crippen molar-refractivity contribution in [1.29, 1.82) is 0 Å². The van der Waals surface area contributed by atoms with Gasteiger partial charge in [-0.15, -0.1) is 0 Å². The van der Waals surface area contributed by atoms with Gasteiger partial charge in [0.2, 0.25) is 16.8 Å². The first kappa shape index (κ1) is 16.6. The zero-order valence-electron chi connectivity index (χ0n) is 13.3. The van der Waals surface area contributed by atoms with Crippen LogP contribution in [-0.4, -0.2) is 28.4 Å². The molecule has 128 valence electrons. The summed E-state index contributed by atoms with van der Waals surface area (Å²) in [4.78, 5) is 0.139. The van der Waals surface area contributed by atoms with Crippen LogP contribution >= 0.6 is 0 Å². The highest BCUT2D eigenvalue weighted by Gasteiger charge is 2.19. The van der Waals surface area contributed by atoms with E-state index in [2.05, 4.69) is 11.6 Å². The van der Waals surface area contributed by atoms with E-state index in [9.17, 15) is 8.42 Å². The molecule has 0 saturated carbocycles. The minimum atomic E-state index is -3.61. The Balaban J connectivity index is 1.55. The number of hydrogen-bond acceptors (Lipinski definition) is 5. The molecular formula is C17H19NO5S. The molecule has 0 bridgehead atoms. The summed E-state index contributed by atoms with van der Waals surface area (Å²) in [7, 11) is -3.61. The summed E-state index contributed by atoms with van der Waals surface area (Å²) in [6.07, 6.45) is 0.925. The van der Waals surface area contributed by atoms with Crippen molar-refractivity contribution in [1.82, 2.24) is 4.72 Å². The van der Waals surface area contributed by atoms with Crippen LogP contribution in [-0.2, 0) is 16.4 Å². The van der Waals surface area contributed by atoms with Gasteiger partial charge in [0.15, 0.2) is 11.5 Å². The van der Waals surface area contributed by atoms with Crippen LogP contribution in [0.3, 0.4) is 0 Å². The van der Waals surface area contributed by atoms with Crippen molar-refractivity contribution in [2.45, 2.75) is 18.2 Å². The van der Waals surface area contributed by atoms with Crippen LogP contribution in [0.5, 0.6) is 17.2 Å². The normalized spacial score (nSPS) is 13.0. The van der Waals surface area contributed by atoms with Crippen LogP contribution in [0.2, 0.25) is 0 Å². The highest BCUT2D eigenvalue weighted by molar-refractivity contribution is 7.89. The Kier molecular flexibility index (Phi) is 4.92. The zero-order valence-corrected chi connectivity index (χ0v) is 14.1. The van der Waals surface area contributed by atoms with Crippen molar-refractivity contribution in [3.8, 4) is 17.2 Å². The molecule has 7 heteroatoms. The van der Waals surface area contributed by atoms with Crippen LogP contribution in [0.15, 0.2) is 47.4 Å². The fraction of sp³-hybridized carbons (Fsp3) is 0.294. The molecule has 0 amide bonds. The second kappa shape index (κ2) is 7.11. The lowest BCUT2D eigenvalue weighted by atomic mass is 10.2. The van der Waals surface area contributed by atoms with E-state index in [0.717, 1.165) is 12.2 Å². The standard InChI is InChI=1S/C17H19NO5S/c1-2-13-4-3-5-14(10-13)21-9-8-18-24(19,20)15-6-7-16-17(11-15)23-12-22-16/h3-7,10-11,18H,2,8-9,12H2,1H3. The van der Waals surface area contributed by atoms with E-state index in [1.807, 2.05) is 24.3 Å². The van der Waals surface area contributed by atoms with E-state index < -0.39 is 10.0 Å². The second-order valence-electron chi connectivity index (χ2n) is 5.26. The Morgan fingerprint density at radius 1 is 1.12 bits per heavy atom. The van der Waals surface area contributed by atoms with Gasteiger partial charge in [-0.05, 0) is 36.2 Å². The molecule has 6 nitrogen and oxygen atoms in total. The maximum absolute atomic E-state index is 12.3. The maximum atomic E-state index is 12.3. The number of nitrogens with one attached hydrogen (secondary N) is 1. The van der Waals surface area contributed by atoms with Gasteiger partial charge in [-0.3, -0.25) is 0 Å². The Labute approximate surface area is 141 Å². The molecule has 1 heterocycles. The molecule has 2 aromatic rings. The first-order chi connectivity index (χ1) is 11.6. The van der Waals surface area contributed by atoms with Gasteiger partial charge in [-0.1, -0.05) is 19.1 Å².